The maximum Gasteiger partial charge on any atom is 0.269 e. The molecular formula is C24H16F3N3O3S. The molecule has 1 saturated heterocycles. The largest absolute Gasteiger partial charge is 0.325 e. The van der Waals surface area contributed by atoms with E-state index in [0.717, 1.165) is 23.9 Å². The molecule has 2 heterocycles. The molecule has 6 nitrogen and oxygen atoms in total. The van der Waals surface area contributed by atoms with Crippen molar-refractivity contribution in [1.29, 1.82) is 0 Å². The van der Waals surface area contributed by atoms with Gasteiger partial charge in [0.05, 0.1) is 11.4 Å². The summed E-state index contributed by atoms with van der Waals surface area (Å²) in [7, 11) is 0. The van der Waals surface area contributed by atoms with Crippen molar-refractivity contribution < 1.29 is 27.6 Å². The number of carbonyl (C=O) groups is 3. The summed E-state index contributed by atoms with van der Waals surface area (Å²) in [6.07, 6.45) is 0. The van der Waals surface area contributed by atoms with Crippen LogP contribution >= 0.6 is 11.8 Å². The average molecular weight is 483 g/mol. The monoisotopic (exact) mass is 483 g/mol. The predicted molar refractivity (Wildman–Crippen MR) is 122 cm³/mol. The van der Waals surface area contributed by atoms with Gasteiger partial charge in [-0.1, -0.05) is 18.2 Å². The Morgan fingerprint density at radius 3 is 2.44 bits per heavy atom. The summed E-state index contributed by atoms with van der Waals surface area (Å²) in [6, 6.07) is 14.9. The first-order valence-corrected chi connectivity index (χ1v) is 11.2. The lowest BCUT2D eigenvalue weighted by Gasteiger charge is -2.33. The molecule has 1 spiro atoms. The van der Waals surface area contributed by atoms with Gasteiger partial charge in [0, 0.05) is 23.0 Å². The van der Waals surface area contributed by atoms with Crippen LogP contribution in [0, 0.1) is 17.5 Å². The number of para-hydroxylation sites is 1. The molecule has 0 saturated carbocycles. The molecular weight excluding hydrogens is 467 g/mol. The number of fused-ring (bicyclic) bond motifs is 2. The molecule has 10 heteroatoms. The number of halogens is 3. The lowest BCUT2D eigenvalue weighted by molar-refractivity contribution is -0.124. The average Bonchev–Trinajstić information content (AvgIpc) is 3.28. The highest BCUT2D eigenvalue weighted by atomic mass is 32.2. The topological polar surface area (TPSA) is 69.7 Å². The van der Waals surface area contributed by atoms with Gasteiger partial charge < -0.3 is 5.32 Å². The Hall–Kier alpha value is -3.79. The van der Waals surface area contributed by atoms with Crippen molar-refractivity contribution in [3.05, 3.63) is 89.7 Å². The van der Waals surface area contributed by atoms with Gasteiger partial charge in [-0.2, -0.15) is 0 Å². The first-order valence-electron chi connectivity index (χ1n) is 10.2. The summed E-state index contributed by atoms with van der Waals surface area (Å²) in [4.78, 5) is 40.3. The molecule has 1 N–H and O–H groups in total. The van der Waals surface area contributed by atoms with E-state index in [-0.39, 0.29) is 18.0 Å². The van der Waals surface area contributed by atoms with E-state index in [0.29, 0.717) is 16.9 Å². The molecule has 1 fully saturated rings. The van der Waals surface area contributed by atoms with Crippen molar-refractivity contribution in [2.45, 2.75) is 4.87 Å². The van der Waals surface area contributed by atoms with Crippen LogP contribution in [-0.2, 0) is 19.3 Å². The summed E-state index contributed by atoms with van der Waals surface area (Å²) in [6.45, 7) is -0.366. The van der Waals surface area contributed by atoms with Crippen LogP contribution in [0.15, 0.2) is 66.7 Å². The number of nitrogens with zero attached hydrogens (tertiary/aromatic N) is 2. The van der Waals surface area contributed by atoms with Gasteiger partial charge in [-0.15, -0.1) is 11.8 Å². The van der Waals surface area contributed by atoms with E-state index in [1.165, 1.54) is 40.1 Å². The van der Waals surface area contributed by atoms with Gasteiger partial charge in [0.2, 0.25) is 16.7 Å². The van der Waals surface area contributed by atoms with Crippen molar-refractivity contribution in [3.8, 4) is 0 Å². The van der Waals surface area contributed by atoms with E-state index in [2.05, 4.69) is 5.32 Å². The summed E-state index contributed by atoms with van der Waals surface area (Å²) in [5, 5.41) is 2.61. The zero-order valence-electron chi connectivity index (χ0n) is 17.4. The first-order chi connectivity index (χ1) is 16.3. The van der Waals surface area contributed by atoms with E-state index in [1.807, 2.05) is 0 Å². The molecule has 0 bridgehead atoms. The van der Waals surface area contributed by atoms with Crippen molar-refractivity contribution >= 4 is 46.5 Å². The van der Waals surface area contributed by atoms with E-state index in [1.54, 1.807) is 24.3 Å². The smallest absolute Gasteiger partial charge is 0.269 e. The van der Waals surface area contributed by atoms with Gasteiger partial charge >= 0.3 is 0 Å². The Morgan fingerprint density at radius 1 is 0.971 bits per heavy atom. The minimum Gasteiger partial charge on any atom is -0.325 e. The molecule has 0 aromatic heterocycles. The minimum atomic E-state index is -1.56. The van der Waals surface area contributed by atoms with Crippen molar-refractivity contribution in [2.24, 2.45) is 0 Å². The second-order valence-electron chi connectivity index (χ2n) is 7.72. The maximum absolute atomic E-state index is 14.0. The SMILES string of the molecule is O=C(CN1C(=O)[C@]2(SCC(=O)N2c2ccc(F)c(F)c2)c2ccccc21)Nc1ccc(F)cc1. The van der Waals surface area contributed by atoms with Gasteiger partial charge in [-0.3, -0.25) is 24.2 Å². The summed E-state index contributed by atoms with van der Waals surface area (Å²) < 4.78 is 40.7. The summed E-state index contributed by atoms with van der Waals surface area (Å²) in [5.74, 6) is -4.26. The number of anilines is 3. The number of thioether (sulfide) groups is 1. The molecule has 0 radical (unpaired) electrons. The van der Waals surface area contributed by atoms with E-state index >= 15 is 0 Å². The predicted octanol–water partition coefficient (Wildman–Crippen LogP) is 4.02. The van der Waals surface area contributed by atoms with E-state index in [4.69, 9.17) is 0 Å². The van der Waals surface area contributed by atoms with Crippen LogP contribution in [0.4, 0.5) is 30.2 Å². The normalized spacial score (nSPS) is 19.1. The number of carbonyl (C=O) groups excluding carboxylic acids is 3. The molecule has 172 valence electrons. The highest BCUT2D eigenvalue weighted by molar-refractivity contribution is 8.02. The van der Waals surface area contributed by atoms with Gasteiger partial charge in [0.25, 0.3) is 5.91 Å². The molecule has 0 unspecified atom stereocenters. The lowest BCUT2D eigenvalue weighted by atomic mass is 10.0. The molecule has 3 amide bonds. The Bertz CT molecular complexity index is 1330. The number of hydrogen-bond donors (Lipinski definition) is 1. The fourth-order valence-corrected chi connectivity index (χ4v) is 5.57. The zero-order valence-corrected chi connectivity index (χ0v) is 18.2. The number of benzene rings is 3. The Morgan fingerprint density at radius 2 is 1.71 bits per heavy atom. The van der Waals surface area contributed by atoms with Crippen LogP contribution in [0.25, 0.3) is 0 Å². The molecule has 2 aliphatic heterocycles. The Balaban J connectivity index is 1.52. The summed E-state index contributed by atoms with van der Waals surface area (Å²) in [5.41, 5.74) is 1.29. The first kappa shape index (κ1) is 22.0. The van der Waals surface area contributed by atoms with Crippen molar-refractivity contribution in [2.75, 3.05) is 27.4 Å². The van der Waals surface area contributed by atoms with Crippen molar-refractivity contribution in [1.82, 2.24) is 0 Å². The molecule has 2 aliphatic rings. The van der Waals surface area contributed by atoms with Crippen LogP contribution < -0.4 is 15.1 Å². The maximum atomic E-state index is 14.0. The van der Waals surface area contributed by atoms with E-state index in [9.17, 15) is 27.6 Å². The minimum absolute atomic E-state index is 0.0367. The second kappa shape index (κ2) is 8.21. The van der Waals surface area contributed by atoms with Crippen LogP contribution in [0.2, 0.25) is 0 Å². The van der Waals surface area contributed by atoms with Crippen LogP contribution in [0.5, 0.6) is 0 Å². The van der Waals surface area contributed by atoms with Crippen LogP contribution in [0.1, 0.15) is 5.56 Å². The third-order valence-electron chi connectivity index (χ3n) is 5.65. The lowest BCUT2D eigenvalue weighted by Crippen LogP contribution is -2.51. The van der Waals surface area contributed by atoms with Crippen LogP contribution in [0.3, 0.4) is 0 Å². The molecule has 34 heavy (non-hydrogen) atoms. The zero-order chi connectivity index (χ0) is 24.0. The summed E-state index contributed by atoms with van der Waals surface area (Å²) >= 11 is 1.06. The number of rotatable bonds is 4. The molecule has 0 aliphatic carbocycles. The highest BCUT2D eigenvalue weighted by Gasteiger charge is 2.61. The van der Waals surface area contributed by atoms with E-state index < -0.39 is 40.0 Å². The van der Waals surface area contributed by atoms with Gasteiger partial charge in [0.1, 0.15) is 12.4 Å². The second-order valence-corrected chi connectivity index (χ2v) is 8.89. The quantitative estimate of drug-likeness (QED) is 0.609. The van der Waals surface area contributed by atoms with Gasteiger partial charge in [0.15, 0.2) is 11.6 Å². The number of hydrogen-bond acceptors (Lipinski definition) is 4. The highest BCUT2D eigenvalue weighted by Crippen LogP contribution is 2.55. The third-order valence-corrected chi connectivity index (χ3v) is 7.04. The Kier molecular flexibility index (Phi) is 5.32. The Labute approximate surface area is 196 Å². The third kappa shape index (κ3) is 3.41. The standard InChI is InChI=1S/C24H16F3N3O3S/c25-14-5-7-15(8-6-14)28-21(31)12-29-20-4-2-1-3-17(20)24(23(29)33)30(22(32)13-34-24)16-9-10-18(26)19(27)11-16/h1-11H,12-13H2,(H,28,31)/t24-/m1/s1. The molecule has 5 rings (SSSR count). The molecule has 1 atom stereocenters. The fraction of sp³-hybridized carbons (Fsp3) is 0.125. The number of amides is 3. The number of nitrogens with one attached hydrogen (secondary N) is 1. The van der Waals surface area contributed by atoms with Gasteiger partial charge in [-0.25, -0.2) is 13.2 Å². The molecule has 3 aromatic carbocycles. The van der Waals surface area contributed by atoms with Crippen LogP contribution in [-0.4, -0.2) is 30.0 Å². The molecule has 3 aromatic rings. The van der Waals surface area contributed by atoms with Crippen molar-refractivity contribution in [3.63, 3.8) is 0 Å². The fourth-order valence-electron chi connectivity index (χ4n) is 4.21. The van der Waals surface area contributed by atoms with Gasteiger partial charge in [-0.05, 0) is 42.5 Å².